The number of rotatable bonds is 2. The Bertz CT molecular complexity index is 731. The highest BCUT2D eigenvalue weighted by Gasteiger charge is 2.56. The molecule has 1 aliphatic heterocycles. The zero-order valence-corrected chi connectivity index (χ0v) is 14.8. The van der Waals surface area contributed by atoms with Crippen molar-refractivity contribution in [2.75, 3.05) is 0 Å². The Morgan fingerprint density at radius 2 is 1.59 bits per heavy atom. The molecule has 0 saturated heterocycles. The lowest BCUT2D eigenvalue weighted by Crippen LogP contribution is -2.67. The second-order valence-corrected chi connectivity index (χ2v) is 7.32. The zero-order valence-electron chi connectivity index (χ0n) is 14.8. The van der Waals surface area contributed by atoms with E-state index < -0.39 is 0 Å². The van der Waals surface area contributed by atoms with E-state index in [1.165, 1.54) is 27.9 Å². The topological polar surface area (TPSA) is 3.88 Å². The van der Waals surface area contributed by atoms with Gasteiger partial charge in [0, 0.05) is 25.5 Å². The van der Waals surface area contributed by atoms with Crippen molar-refractivity contribution in [2.45, 2.75) is 65.3 Å². The summed E-state index contributed by atoms with van der Waals surface area (Å²) in [5, 5.41) is 0. The molecule has 0 bridgehead atoms. The quantitative estimate of drug-likeness (QED) is 0.681. The average Bonchev–Trinajstić information content (AvgIpc) is 2.52. The maximum Gasteiger partial charge on any atom is 0.213 e. The summed E-state index contributed by atoms with van der Waals surface area (Å²) in [5.41, 5.74) is 7.23. The van der Waals surface area contributed by atoms with Crippen molar-refractivity contribution >= 4 is 0 Å². The number of hydrogen-bond acceptors (Lipinski definition) is 0. The van der Waals surface area contributed by atoms with Gasteiger partial charge in [-0.3, -0.25) is 0 Å². The molecule has 2 heterocycles. The molecule has 1 aliphatic rings. The van der Waals surface area contributed by atoms with Gasteiger partial charge in [0.15, 0.2) is 11.7 Å². The Hall–Kier alpha value is -1.63. The molecule has 1 aromatic heterocycles. The van der Waals surface area contributed by atoms with Gasteiger partial charge in [0.25, 0.3) is 0 Å². The minimum atomic E-state index is 0.103. The van der Waals surface area contributed by atoms with Gasteiger partial charge in [-0.2, -0.15) is 4.57 Å². The second kappa shape index (κ2) is 4.94. The van der Waals surface area contributed by atoms with Crippen molar-refractivity contribution in [1.29, 1.82) is 0 Å². The van der Waals surface area contributed by atoms with Crippen molar-refractivity contribution in [3.05, 3.63) is 53.2 Å². The summed E-state index contributed by atoms with van der Waals surface area (Å²) in [4.78, 5) is 0. The largest absolute Gasteiger partial charge is 0.213 e. The van der Waals surface area contributed by atoms with Crippen LogP contribution in [0.2, 0.25) is 0 Å². The molecule has 116 valence electrons. The first-order chi connectivity index (χ1) is 10.4. The maximum absolute atomic E-state index is 2.53. The van der Waals surface area contributed by atoms with Gasteiger partial charge in [-0.15, -0.1) is 0 Å². The molecule has 0 amide bonds. The molecule has 2 aromatic rings. The number of hydrogen-bond donors (Lipinski definition) is 0. The Labute approximate surface area is 135 Å². The van der Waals surface area contributed by atoms with Gasteiger partial charge in [0.1, 0.15) is 0 Å². The highest BCUT2D eigenvalue weighted by Crippen LogP contribution is 2.49. The van der Waals surface area contributed by atoms with E-state index in [4.69, 9.17) is 0 Å². The summed E-state index contributed by atoms with van der Waals surface area (Å²) < 4.78 is 2.53. The number of aryl methyl sites for hydroxylation is 2. The van der Waals surface area contributed by atoms with Crippen LogP contribution < -0.4 is 4.57 Å². The molecule has 0 aliphatic carbocycles. The molecule has 2 atom stereocenters. The summed E-state index contributed by atoms with van der Waals surface area (Å²) in [6, 6.07) is 11.6. The summed E-state index contributed by atoms with van der Waals surface area (Å²) in [6.45, 7) is 13.9. The van der Waals surface area contributed by atoms with E-state index in [9.17, 15) is 0 Å². The summed E-state index contributed by atoms with van der Waals surface area (Å²) in [5.74, 6) is 0. The fraction of sp³-hybridized carbons (Fsp3) is 0.476. The lowest BCUT2D eigenvalue weighted by atomic mass is 9.60. The van der Waals surface area contributed by atoms with Gasteiger partial charge in [0.2, 0.25) is 5.69 Å². The third kappa shape index (κ3) is 1.81. The molecule has 0 fully saturated rings. The number of fused-ring (bicyclic) bond motifs is 3. The molecule has 3 rings (SSSR count). The van der Waals surface area contributed by atoms with E-state index in [2.05, 4.69) is 82.6 Å². The van der Waals surface area contributed by atoms with Crippen molar-refractivity contribution in [3.8, 4) is 11.3 Å². The van der Waals surface area contributed by atoms with Crippen molar-refractivity contribution in [2.24, 2.45) is 0 Å². The molecule has 1 nitrogen and oxygen atoms in total. The van der Waals surface area contributed by atoms with Crippen LogP contribution >= 0.6 is 0 Å². The zero-order chi connectivity index (χ0) is 16.1. The minimum Gasteiger partial charge on any atom is -0.192 e. The molecule has 0 radical (unpaired) electrons. The van der Waals surface area contributed by atoms with Gasteiger partial charge >= 0.3 is 0 Å². The average molecular weight is 294 g/mol. The minimum absolute atomic E-state index is 0.103. The molecule has 2 unspecified atom stereocenters. The van der Waals surface area contributed by atoms with Crippen molar-refractivity contribution < 1.29 is 4.57 Å². The van der Waals surface area contributed by atoms with Crippen LogP contribution in [0.25, 0.3) is 11.3 Å². The van der Waals surface area contributed by atoms with E-state index in [0.29, 0.717) is 0 Å². The predicted molar refractivity (Wildman–Crippen MR) is 93.1 cm³/mol. The predicted octanol–water partition coefficient (Wildman–Crippen LogP) is 5.06. The third-order valence-electron chi connectivity index (χ3n) is 6.27. The van der Waals surface area contributed by atoms with E-state index in [1.807, 2.05) is 0 Å². The Balaban J connectivity index is 2.44. The van der Waals surface area contributed by atoms with Crippen LogP contribution in [-0.4, -0.2) is 0 Å². The molecular formula is C21H28N+. The second-order valence-electron chi connectivity index (χ2n) is 7.32. The van der Waals surface area contributed by atoms with Gasteiger partial charge in [0.05, 0.1) is 11.0 Å². The maximum atomic E-state index is 2.53. The van der Waals surface area contributed by atoms with Crippen LogP contribution in [0.4, 0.5) is 0 Å². The monoisotopic (exact) mass is 294 g/mol. The fourth-order valence-electron chi connectivity index (χ4n) is 4.27. The molecule has 1 aromatic carbocycles. The Morgan fingerprint density at radius 1 is 0.909 bits per heavy atom. The summed E-state index contributed by atoms with van der Waals surface area (Å²) in [6.07, 6.45) is 4.57. The Morgan fingerprint density at radius 3 is 2.23 bits per heavy atom. The first-order valence-electron chi connectivity index (χ1n) is 8.51. The van der Waals surface area contributed by atoms with Gasteiger partial charge in [-0.1, -0.05) is 31.5 Å². The standard InChI is InChI=1S/C21H28N/c1-7-20(5)18-13-15(3)9-10-17(18)19-14-16(4)11-12-22(19)21(20,6)8-2/h9-14H,7-8H2,1-6H3/q+1. The number of benzene rings is 1. The SMILES string of the molecule is CCC1(C)c2cc(C)ccc2-c2cc(C)cc[n+]2C1(C)CC. The van der Waals surface area contributed by atoms with E-state index >= 15 is 0 Å². The van der Waals surface area contributed by atoms with Crippen LogP contribution in [0.3, 0.4) is 0 Å². The number of pyridine rings is 1. The highest BCUT2D eigenvalue weighted by molar-refractivity contribution is 5.66. The molecule has 0 N–H and O–H groups in total. The first kappa shape index (κ1) is 15.3. The van der Waals surface area contributed by atoms with Crippen LogP contribution in [-0.2, 0) is 11.0 Å². The summed E-state index contributed by atoms with van der Waals surface area (Å²) >= 11 is 0. The normalized spacial score (nSPS) is 26.5. The number of nitrogens with zero attached hydrogens (tertiary/aromatic N) is 1. The number of aromatic nitrogens is 1. The smallest absolute Gasteiger partial charge is 0.192 e. The van der Waals surface area contributed by atoms with Gasteiger partial charge < -0.3 is 0 Å². The van der Waals surface area contributed by atoms with Crippen LogP contribution in [0.15, 0.2) is 36.5 Å². The van der Waals surface area contributed by atoms with Crippen LogP contribution in [0, 0.1) is 13.8 Å². The van der Waals surface area contributed by atoms with Gasteiger partial charge in [-0.25, -0.2) is 0 Å². The van der Waals surface area contributed by atoms with E-state index in [-0.39, 0.29) is 11.0 Å². The van der Waals surface area contributed by atoms with Crippen molar-refractivity contribution in [3.63, 3.8) is 0 Å². The van der Waals surface area contributed by atoms with Crippen LogP contribution in [0.1, 0.15) is 57.2 Å². The molecule has 1 heteroatoms. The molecule has 22 heavy (non-hydrogen) atoms. The van der Waals surface area contributed by atoms with Gasteiger partial charge in [-0.05, 0) is 44.4 Å². The molecule has 0 spiro atoms. The third-order valence-corrected chi connectivity index (χ3v) is 6.27. The molecular weight excluding hydrogens is 266 g/mol. The van der Waals surface area contributed by atoms with Crippen molar-refractivity contribution in [1.82, 2.24) is 0 Å². The van der Waals surface area contributed by atoms with E-state index in [1.54, 1.807) is 0 Å². The lowest BCUT2D eigenvalue weighted by Gasteiger charge is -2.46. The first-order valence-corrected chi connectivity index (χ1v) is 8.51. The molecule has 0 saturated carbocycles. The highest BCUT2D eigenvalue weighted by atomic mass is 15.1. The summed E-state index contributed by atoms with van der Waals surface area (Å²) in [7, 11) is 0. The Kier molecular flexibility index (Phi) is 3.43. The van der Waals surface area contributed by atoms with Crippen LogP contribution in [0.5, 0.6) is 0 Å². The fourth-order valence-corrected chi connectivity index (χ4v) is 4.27. The van der Waals surface area contributed by atoms with E-state index in [0.717, 1.165) is 12.8 Å². The lowest BCUT2D eigenvalue weighted by molar-refractivity contribution is -0.765.